The normalized spacial score (nSPS) is 31.6. The van der Waals surface area contributed by atoms with E-state index >= 15 is 0 Å². The van der Waals surface area contributed by atoms with Crippen LogP contribution in [-0.4, -0.2) is 102 Å². The molecule has 3 atom stereocenters. The second kappa shape index (κ2) is 9.57. The van der Waals surface area contributed by atoms with Gasteiger partial charge in [-0.05, 0) is 69.9 Å². The van der Waals surface area contributed by atoms with Crippen molar-refractivity contribution in [1.82, 2.24) is 24.9 Å². The number of likely N-dealkylation sites (tertiary alicyclic amines) is 3. The molecule has 5 saturated heterocycles. The van der Waals surface area contributed by atoms with Gasteiger partial charge < -0.3 is 24.9 Å². The number of carbonyl (C=O) groups excluding carboxylic acids is 3. The lowest BCUT2D eigenvalue weighted by atomic mass is 9.76. The summed E-state index contributed by atoms with van der Waals surface area (Å²) in [6.07, 6.45) is 7.98. The Morgan fingerprint density at radius 1 is 0.906 bits per heavy atom. The van der Waals surface area contributed by atoms with Crippen molar-refractivity contribution in [3.63, 3.8) is 0 Å². The van der Waals surface area contributed by atoms with E-state index < -0.39 is 0 Å². The van der Waals surface area contributed by atoms with Crippen molar-refractivity contribution in [3.05, 3.63) is 0 Å². The van der Waals surface area contributed by atoms with E-state index in [1.54, 1.807) is 0 Å². The molecule has 5 fully saturated rings. The summed E-state index contributed by atoms with van der Waals surface area (Å²) in [4.78, 5) is 46.7. The molecule has 1 N–H and O–H groups in total. The molecule has 8 nitrogen and oxygen atoms in total. The molecule has 0 saturated carbocycles. The van der Waals surface area contributed by atoms with Crippen LogP contribution >= 0.6 is 0 Å². The monoisotopic (exact) mass is 445 g/mol. The molecule has 0 aromatic heterocycles. The van der Waals surface area contributed by atoms with Gasteiger partial charge in [-0.25, -0.2) is 4.79 Å². The summed E-state index contributed by atoms with van der Waals surface area (Å²) in [5, 5.41) is 3.12. The van der Waals surface area contributed by atoms with Crippen LogP contribution in [0.2, 0.25) is 0 Å². The molecule has 0 aliphatic carbocycles. The second-order valence-corrected chi connectivity index (χ2v) is 10.7. The molecule has 2 bridgehead atoms. The Morgan fingerprint density at radius 2 is 1.69 bits per heavy atom. The molecule has 5 aliphatic rings. The van der Waals surface area contributed by atoms with Crippen LogP contribution in [0.5, 0.6) is 0 Å². The molecule has 32 heavy (non-hydrogen) atoms. The van der Waals surface area contributed by atoms with Crippen LogP contribution in [0.4, 0.5) is 4.79 Å². The third-order valence-electron chi connectivity index (χ3n) is 8.51. The Bertz CT molecular complexity index is 716. The summed E-state index contributed by atoms with van der Waals surface area (Å²) in [5.41, 5.74) is 0. The Balaban J connectivity index is 1.08. The molecule has 8 heteroatoms. The lowest BCUT2D eigenvalue weighted by Crippen LogP contribution is -2.62. The number of amides is 4. The number of urea groups is 1. The number of hydrogen-bond donors (Lipinski definition) is 1. The maximum atomic E-state index is 13.3. The third-order valence-corrected chi connectivity index (χ3v) is 8.51. The van der Waals surface area contributed by atoms with E-state index in [9.17, 15) is 14.4 Å². The van der Waals surface area contributed by atoms with Gasteiger partial charge in [0, 0.05) is 64.2 Å². The average Bonchev–Trinajstić information content (AvgIpc) is 3.33. The summed E-state index contributed by atoms with van der Waals surface area (Å²) in [6.45, 7) is 7.70. The molecular formula is C24H39N5O3. The third kappa shape index (κ3) is 4.61. The molecule has 5 rings (SSSR count). The second-order valence-electron chi connectivity index (χ2n) is 10.7. The van der Waals surface area contributed by atoms with Crippen LogP contribution < -0.4 is 5.32 Å². The highest BCUT2D eigenvalue weighted by Gasteiger charge is 2.45. The van der Waals surface area contributed by atoms with Gasteiger partial charge in [0.05, 0.1) is 0 Å². The topological polar surface area (TPSA) is 76.2 Å². The molecule has 0 aromatic carbocycles. The van der Waals surface area contributed by atoms with E-state index in [4.69, 9.17) is 0 Å². The smallest absolute Gasteiger partial charge is 0.320 e. The zero-order chi connectivity index (χ0) is 22.1. The van der Waals surface area contributed by atoms with Gasteiger partial charge in [0.1, 0.15) is 0 Å². The molecule has 0 spiro atoms. The van der Waals surface area contributed by atoms with E-state index in [0.29, 0.717) is 43.3 Å². The molecule has 5 aliphatic heterocycles. The van der Waals surface area contributed by atoms with E-state index in [0.717, 1.165) is 77.9 Å². The maximum Gasteiger partial charge on any atom is 0.320 e. The summed E-state index contributed by atoms with van der Waals surface area (Å²) >= 11 is 0. The zero-order valence-corrected chi connectivity index (χ0v) is 19.3. The SMILES string of the molecule is O=C(NCCN1CCCC1)C1CCN(C(=O)N2CC3CC(C2)[C@H]2CCCC(=O)N2C3)CC1. The highest BCUT2D eigenvalue weighted by atomic mass is 16.2. The Morgan fingerprint density at radius 3 is 2.47 bits per heavy atom. The first kappa shape index (κ1) is 22.0. The fourth-order valence-electron chi connectivity index (χ4n) is 6.79. The number of piperidine rings is 4. The minimum atomic E-state index is 0.0279. The number of carbonyl (C=O) groups is 3. The van der Waals surface area contributed by atoms with Gasteiger partial charge in [0.25, 0.3) is 0 Å². The van der Waals surface area contributed by atoms with Crippen LogP contribution in [-0.2, 0) is 9.59 Å². The maximum absolute atomic E-state index is 13.3. The van der Waals surface area contributed by atoms with Gasteiger partial charge in [-0.1, -0.05) is 0 Å². The van der Waals surface area contributed by atoms with Crippen LogP contribution in [0.15, 0.2) is 0 Å². The predicted molar refractivity (Wildman–Crippen MR) is 121 cm³/mol. The van der Waals surface area contributed by atoms with Gasteiger partial charge in [-0.15, -0.1) is 0 Å². The molecule has 2 unspecified atom stereocenters. The number of rotatable bonds is 4. The first-order chi connectivity index (χ1) is 15.6. The van der Waals surface area contributed by atoms with Crippen molar-refractivity contribution in [2.24, 2.45) is 17.8 Å². The predicted octanol–water partition coefficient (Wildman–Crippen LogP) is 1.36. The molecule has 178 valence electrons. The molecule has 5 heterocycles. The van der Waals surface area contributed by atoms with Gasteiger partial charge in [0.2, 0.25) is 11.8 Å². The minimum Gasteiger partial charge on any atom is -0.355 e. The zero-order valence-electron chi connectivity index (χ0n) is 19.3. The molecule has 0 aromatic rings. The van der Waals surface area contributed by atoms with Crippen molar-refractivity contribution in [3.8, 4) is 0 Å². The standard InChI is InChI=1S/C24H39N5O3/c30-22-5-3-4-21-20-14-18(16-29(21)22)15-28(17-20)24(32)27-11-6-19(7-12-27)23(31)25-8-13-26-9-1-2-10-26/h18-21H,1-17H2,(H,25,31)/t18?,20?,21-/m1/s1. The van der Waals surface area contributed by atoms with E-state index in [-0.39, 0.29) is 17.9 Å². The number of nitrogens with zero attached hydrogens (tertiary/aromatic N) is 4. The highest BCUT2D eigenvalue weighted by molar-refractivity contribution is 5.80. The molecular weight excluding hydrogens is 406 g/mol. The fourth-order valence-corrected chi connectivity index (χ4v) is 6.79. The minimum absolute atomic E-state index is 0.0279. The summed E-state index contributed by atoms with van der Waals surface area (Å²) < 4.78 is 0. The van der Waals surface area contributed by atoms with Crippen molar-refractivity contribution in [2.75, 3.05) is 58.9 Å². The van der Waals surface area contributed by atoms with Crippen molar-refractivity contribution in [1.29, 1.82) is 0 Å². The van der Waals surface area contributed by atoms with Crippen molar-refractivity contribution in [2.45, 2.75) is 57.4 Å². The quantitative estimate of drug-likeness (QED) is 0.709. The Labute approximate surface area is 191 Å². The Hall–Kier alpha value is -1.83. The first-order valence-electron chi connectivity index (χ1n) is 12.9. The van der Waals surface area contributed by atoms with E-state index in [1.165, 1.54) is 12.8 Å². The van der Waals surface area contributed by atoms with Gasteiger partial charge in [-0.3, -0.25) is 9.59 Å². The van der Waals surface area contributed by atoms with Crippen LogP contribution in [0, 0.1) is 17.8 Å². The van der Waals surface area contributed by atoms with Crippen LogP contribution in [0.3, 0.4) is 0 Å². The summed E-state index contributed by atoms with van der Waals surface area (Å²) in [7, 11) is 0. The molecule has 0 radical (unpaired) electrons. The van der Waals surface area contributed by atoms with Gasteiger partial charge >= 0.3 is 6.03 Å². The van der Waals surface area contributed by atoms with Gasteiger partial charge in [-0.2, -0.15) is 0 Å². The summed E-state index contributed by atoms with van der Waals surface area (Å²) in [6, 6.07) is 0.473. The lowest BCUT2D eigenvalue weighted by molar-refractivity contribution is -0.144. The van der Waals surface area contributed by atoms with Crippen LogP contribution in [0.1, 0.15) is 51.4 Å². The number of fused-ring (bicyclic) bond motifs is 4. The first-order valence-corrected chi connectivity index (χ1v) is 12.9. The average molecular weight is 446 g/mol. The largest absolute Gasteiger partial charge is 0.355 e. The van der Waals surface area contributed by atoms with E-state index in [1.807, 2.05) is 9.80 Å². The van der Waals surface area contributed by atoms with Gasteiger partial charge in [0.15, 0.2) is 0 Å². The van der Waals surface area contributed by atoms with Crippen molar-refractivity contribution < 1.29 is 14.4 Å². The molecule has 4 amide bonds. The van der Waals surface area contributed by atoms with Crippen LogP contribution in [0.25, 0.3) is 0 Å². The summed E-state index contributed by atoms with van der Waals surface area (Å²) in [5.74, 6) is 1.34. The number of hydrogen-bond acceptors (Lipinski definition) is 4. The lowest BCUT2D eigenvalue weighted by Gasteiger charge is -2.53. The highest BCUT2D eigenvalue weighted by Crippen LogP contribution is 2.38. The fraction of sp³-hybridized carbons (Fsp3) is 0.875. The van der Waals surface area contributed by atoms with Crippen molar-refractivity contribution >= 4 is 17.8 Å². The number of nitrogens with one attached hydrogen (secondary N) is 1. The van der Waals surface area contributed by atoms with E-state index in [2.05, 4.69) is 15.1 Å². The Kier molecular flexibility index (Phi) is 6.58.